The third-order valence-electron chi connectivity index (χ3n) is 4.18. The average Bonchev–Trinajstić information content (AvgIpc) is 2.88. The summed E-state index contributed by atoms with van der Waals surface area (Å²) in [5, 5.41) is 2.76. The van der Waals surface area contributed by atoms with Crippen molar-refractivity contribution in [2.75, 3.05) is 19.6 Å². The minimum atomic E-state index is -0.761. The van der Waals surface area contributed by atoms with E-state index in [1.54, 1.807) is 4.90 Å². The number of ether oxygens (including phenoxy) is 1. The normalized spacial score (nSPS) is 23.2. The van der Waals surface area contributed by atoms with Crippen LogP contribution in [0.1, 0.15) is 36.7 Å². The summed E-state index contributed by atoms with van der Waals surface area (Å²) in [7, 11) is 0. The fourth-order valence-electron chi connectivity index (χ4n) is 3.14. The van der Waals surface area contributed by atoms with Gasteiger partial charge in [-0.05, 0) is 25.3 Å². The number of likely N-dealkylation sites (tertiary alicyclic amines) is 1. The van der Waals surface area contributed by atoms with Crippen molar-refractivity contribution in [1.29, 1.82) is 0 Å². The topological polar surface area (TPSA) is 71.8 Å². The van der Waals surface area contributed by atoms with Crippen LogP contribution < -0.4 is 5.32 Å². The fraction of sp³-hybridized carbons (Fsp3) is 0.600. The maximum Gasteiger partial charge on any atom is 0.289 e. The molecule has 0 radical (unpaired) electrons. The molecule has 2 fully saturated rings. The second kappa shape index (κ2) is 5.72. The van der Waals surface area contributed by atoms with Crippen molar-refractivity contribution in [2.24, 2.45) is 0 Å². The quantitative estimate of drug-likeness (QED) is 0.914. The van der Waals surface area contributed by atoms with Crippen LogP contribution in [0.2, 0.25) is 0 Å². The van der Waals surface area contributed by atoms with E-state index in [-0.39, 0.29) is 29.3 Å². The van der Waals surface area contributed by atoms with Crippen LogP contribution >= 0.6 is 0 Å². The van der Waals surface area contributed by atoms with E-state index in [0.29, 0.717) is 19.6 Å². The number of nitrogens with one attached hydrogen (secondary N) is 1. The van der Waals surface area contributed by atoms with E-state index < -0.39 is 6.01 Å². The van der Waals surface area contributed by atoms with Gasteiger partial charge in [0, 0.05) is 19.5 Å². The maximum absolute atomic E-state index is 12.8. The van der Waals surface area contributed by atoms with E-state index in [9.17, 15) is 14.0 Å². The molecule has 6 nitrogen and oxygen atoms in total. The maximum atomic E-state index is 12.8. The highest BCUT2D eigenvalue weighted by atomic mass is 19.1. The molecule has 1 unspecified atom stereocenters. The highest BCUT2D eigenvalue weighted by Gasteiger charge is 2.49. The molecule has 0 saturated carbocycles. The lowest BCUT2D eigenvalue weighted by Crippen LogP contribution is -2.67. The monoisotopic (exact) mass is 310 g/mol. The SMILES string of the molecule is CC(=O)NCC1CCCC2(CN(C(=O)c3ccc(F)o3)C2)O1. The molecule has 22 heavy (non-hydrogen) atoms. The van der Waals surface area contributed by atoms with Crippen molar-refractivity contribution in [2.45, 2.75) is 37.9 Å². The number of halogens is 1. The van der Waals surface area contributed by atoms with Gasteiger partial charge in [-0.25, -0.2) is 0 Å². The van der Waals surface area contributed by atoms with Crippen LogP contribution in [0.3, 0.4) is 0 Å². The summed E-state index contributed by atoms with van der Waals surface area (Å²) < 4.78 is 23.6. The molecule has 2 amide bonds. The Bertz CT molecular complexity index is 580. The van der Waals surface area contributed by atoms with Gasteiger partial charge < -0.3 is 19.4 Å². The first-order valence-electron chi connectivity index (χ1n) is 7.44. The van der Waals surface area contributed by atoms with E-state index in [2.05, 4.69) is 5.32 Å². The molecule has 2 aliphatic rings. The molecule has 1 N–H and O–H groups in total. The van der Waals surface area contributed by atoms with Crippen molar-refractivity contribution in [3.63, 3.8) is 0 Å². The van der Waals surface area contributed by atoms with Crippen LogP contribution in [0.25, 0.3) is 0 Å². The molecule has 0 aliphatic carbocycles. The number of carbonyl (C=O) groups is 2. The Hall–Kier alpha value is -1.89. The molecule has 1 spiro atoms. The van der Waals surface area contributed by atoms with Gasteiger partial charge in [0.1, 0.15) is 5.60 Å². The second-order valence-corrected chi connectivity index (χ2v) is 6.02. The zero-order valence-corrected chi connectivity index (χ0v) is 12.4. The minimum absolute atomic E-state index is 0.0120. The average molecular weight is 310 g/mol. The lowest BCUT2D eigenvalue weighted by Gasteiger charge is -2.53. The number of hydrogen-bond acceptors (Lipinski definition) is 4. The van der Waals surface area contributed by atoms with Crippen molar-refractivity contribution < 1.29 is 23.1 Å². The summed E-state index contributed by atoms with van der Waals surface area (Å²) >= 11 is 0. The molecule has 1 aromatic heterocycles. The Morgan fingerprint density at radius 2 is 2.23 bits per heavy atom. The Balaban J connectivity index is 1.54. The standard InChI is InChI=1S/C15H19FN2O4/c1-10(19)17-7-11-3-2-6-15(22-11)8-18(9-15)14(20)12-4-5-13(16)21-12/h4-5,11H,2-3,6-9H2,1H3,(H,17,19). The third kappa shape index (κ3) is 2.99. The van der Waals surface area contributed by atoms with Gasteiger partial charge in [0.25, 0.3) is 11.9 Å². The Morgan fingerprint density at radius 1 is 1.45 bits per heavy atom. The summed E-state index contributed by atoms with van der Waals surface area (Å²) in [6.07, 6.45) is 2.77. The highest BCUT2D eigenvalue weighted by molar-refractivity contribution is 5.92. The molecule has 120 valence electrons. The molecule has 1 atom stereocenters. The summed E-state index contributed by atoms with van der Waals surface area (Å²) in [4.78, 5) is 24.7. The number of hydrogen-bond donors (Lipinski definition) is 1. The van der Waals surface area contributed by atoms with Crippen molar-refractivity contribution in [3.05, 3.63) is 23.9 Å². The van der Waals surface area contributed by atoms with Crippen molar-refractivity contribution >= 4 is 11.8 Å². The smallest absolute Gasteiger partial charge is 0.289 e. The molecular weight excluding hydrogens is 291 g/mol. The van der Waals surface area contributed by atoms with E-state index in [4.69, 9.17) is 9.15 Å². The van der Waals surface area contributed by atoms with Gasteiger partial charge >= 0.3 is 0 Å². The van der Waals surface area contributed by atoms with Crippen LogP contribution in [-0.4, -0.2) is 48.1 Å². The first-order valence-corrected chi connectivity index (χ1v) is 7.44. The minimum Gasteiger partial charge on any atom is -0.426 e. The number of nitrogens with zero attached hydrogens (tertiary/aromatic N) is 1. The molecule has 0 bridgehead atoms. The van der Waals surface area contributed by atoms with Gasteiger partial charge in [0.05, 0.1) is 19.2 Å². The number of furan rings is 1. The van der Waals surface area contributed by atoms with Crippen LogP contribution in [0.4, 0.5) is 4.39 Å². The zero-order chi connectivity index (χ0) is 15.7. The molecular formula is C15H19FN2O4. The van der Waals surface area contributed by atoms with E-state index in [1.807, 2.05) is 0 Å². The summed E-state index contributed by atoms with van der Waals surface area (Å²) in [5.41, 5.74) is -0.331. The number of carbonyl (C=O) groups excluding carboxylic acids is 2. The molecule has 2 aliphatic heterocycles. The summed E-state index contributed by atoms with van der Waals surface area (Å²) in [6.45, 7) is 2.93. The first kappa shape index (κ1) is 15.0. The van der Waals surface area contributed by atoms with Gasteiger partial charge in [0.2, 0.25) is 5.91 Å². The van der Waals surface area contributed by atoms with Crippen LogP contribution in [0, 0.1) is 6.01 Å². The number of rotatable bonds is 3. The molecule has 0 aromatic carbocycles. The second-order valence-electron chi connectivity index (χ2n) is 6.02. The zero-order valence-electron chi connectivity index (χ0n) is 12.4. The van der Waals surface area contributed by atoms with Gasteiger partial charge in [-0.1, -0.05) is 0 Å². The third-order valence-corrected chi connectivity index (χ3v) is 4.18. The lowest BCUT2D eigenvalue weighted by atomic mass is 9.84. The molecule has 2 saturated heterocycles. The van der Waals surface area contributed by atoms with Gasteiger partial charge in [0.15, 0.2) is 5.76 Å². The molecule has 3 rings (SSSR count). The predicted octanol–water partition coefficient (Wildman–Crippen LogP) is 1.32. The largest absolute Gasteiger partial charge is 0.426 e. The van der Waals surface area contributed by atoms with E-state index in [0.717, 1.165) is 25.3 Å². The van der Waals surface area contributed by atoms with Gasteiger partial charge in [-0.3, -0.25) is 9.59 Å². The van der Waals surface area contributed by atoms with Crippen molar-refractivity contribution in [1.82, 2.24) is 10.2 Å². The summed E-state index contributed by atoms with van der Waals surface area (Å²) in [6, 6.07) is 1.70. The predicted molar refractivity (Wildman–Crippen MR) is 74.7 cm³/mol. The first-order chi connectivity index (χ1) is 10.5. The van der Waals surface area contributed by atoms with E-state index in [1.165, 1.54) is 13.0 Å². The molecule has 3 heterocycles. The van der Waals surface area contributed by atoms with Crippen LogP contribution in [-0.2, 0) is 9.53 Å². The summed E-state index contributed by atoms with van der Waals surface area (Å²) in [5.74, 6) is -0.381. The molecule has 1 aromatic rings. The Kier molecular flexibility index (Phi) is 3.90. The lowest BCUT2D eigenvalue weighted by molar-refractivity contribution is -0.186. The fourth-order valence-corrected chi connectivity index (χ4v) is 3.14. The highest BCUT2D eigenvalue weighted by Crippen LogP contribution is 2.37. The molecule has 7 heteroatoms. The van der Waals surface area contributed by atoms with Gasteiger partial charge in [-0.2, -0.15) is 4.39 Å². The Labute approximate surface area is 127 Å². The van der Waals surface area contributed by atoms with E-state index >= 15 is 0 Å². The van der Waals surface area contributed by atoms with Crippen LogP contribution in [0.5, 0.6) is 0 Å². The van der Waals surface area contributed by atoms with Gasteiger partial charge in [-0.15, -0.1) is 0 Å². The van der Waals surface area contributed by atoms with Crippen LogP contribution in [0.15, 0.2) is 16.5 Å². The Morgan fingerprint density at radius 3 is 2.86 bits per heavy atom. The van der Waals surface area contributed by atoms with Crippen molar-refractivity contribution in [3.8, 4) is 0 Å². The number of amides is 2.